The first-order valence-corrected chi connectivity index (χ1v) is 7.56. The number of carbonyl (C=O) groups excluding carboxylic acids is 1. The van der Waals surface area contributed by atoms with Crippen LogP contribution in [0.2, 0.25) is 0 Å². The van der Waals surface area contributed by atoms with Gasteiger partial charge in [-0.05, 0) is 32.6 Å². The largest absolute Gasteiger partial charge is 0.436 e. The van der Waals surface area contributed by atoms with Crippen molar-refractivity contribution in [3.63, 3.8) is 0 Å². The zero-order valence-electron chi connectivity index (χ0n) is 10.9. The molecule has 5 heteroatoms. The summed E-state index contributed by atoms with van der Waals surface area (Å²) < 4.78 is 5.44. The van der Waals surface area contributed by atoms with Crippen LogP contribution in [0.25, 0.3) is 0 Å². The number of amides is 1. The van der Waals surface area contributed by atoms with Crippen molar-refractivity contribution < 1.29 is 9.21 Å². The maximum absolute atomic E-state index is 12.5. The van der Waals surface area contributed by atoms with Crippen molar-refractivity contribution in [2.75, 3.05) is 11.9 Å². The zero-order valence-corrected chi connectivity index (χ0v) is 12.5. The third-order valence-electron chi connectivity index (χ3n) is 3.41. The van der Waals surface area contributed by atoms with E-state index >= 15 is 0 Å². The molecule has 18 heavy (non-hydrogen) atoms. The normalized spacial score (nSPS) is 15.5. The number of aryl methyl sites for hydroxylation is 2. The van der Waals surface area contributed by atoms with Crippen LogP contribution >= 0.6 is 15.9 Å². The molecular formula is C13H19BrN2O2. The number of hydrogen-bond donors (Lipinski definition) is 0. The summed E-state index contributed by atoms with van der Waals surface area (Å²) >= 11 is 3.42. The highest BCUT2D eigenvalue weighted by molar-refractivity contribution is 9.09. The van der Waals surface area contributed by atoms with Crippen LogP contribution in [0.3, 0.4) is 0 Å². The van der Waals surface area contributed by atoms with E-state index in [2.05, 4.69) is 20.9 Å². The summed E-state index contributed by atoms with van der Waals surface area (Å²) in [6, 6.07) is 0.390. The Bertz CT molecular complexity index is 427. The van der Waals surface area contributed by atoms with Crippen molar-refractivity contribution in [2.45, 2.75) is 45.6 Å². The number of alkyl halides is 1. The van der Waals surface area contributed by atoms with Gasteiger partial charge in [-0.15, -0.1) is 0 Å². The molecule has 0 aliphatic heterocycles. The van der Waals surface area contributed by atoms with Gasteiger partial charge in [0.25, 0.3) is 5.91 Å². The average Bonchev–Trinajstić information content (AvgIpc) is 2.60. The highest BCUT2D eigenvalue weighted by Crippen LogP contribution is 2.27. The molecule has 1 fully saturated rings. The quantitative estimate of drug-likeness (QED) is 0.785. The van der Waals surface area contributed by atoms with Gasteiger partial charge in [0.05, 0.1) is 5.69 Å². The van der Waals surface area contributed by atoms with Crippen LogP contribution < -0.4 is 0 Å². The van der Waals surface area contributed by atoms with E-state index in [-0.39, 0.29) is 5.91 Å². The van der Waals surface area contributed by atoms with E-state index in [1.54, 1.807) is 6.92 Å². The van der Waals surface area contributed by atoms with Gasteiger partial charge in [-0.3, -0.25) is 4.79 Å². The van der Waals surface area contributed by atoms with Gasteiger partial charge in [-0.2, -0.15) is 0 Å². The van der Waals surface area contributed by atoms with Gasteiger partial charge in [-0.25, -0.2) is 4.98 Å². The minimum absolute atomic E-state index is 0.00116. The monoisotopic (exact) mass is 314 g/mol. The van der Waals surface area contributed by atoms with Gasteiger partial charge >= 0.3 is 0 Å². The summed E-state index contributed by atoms with van der Waals surface area (Å²) in [5, 5.41) is 0.915. The molecule has 0 aromatic carbocycles. The van der Waals surface area contributed by atoms with Crippen molar-refractivity contribution in [1.29, 1.82) is 0 Å². The van der Waals surface area contributed by atoms with Crippen LogP contribution in [0.5, 0.6) is 0 Å². The first-order valence-electron chi connectivity index (χ1n) is 6.44. The topological polar surface area (TPSA) is 46.3 Å². The molecule has 4 nitrogen and oxygen atoms in total. The van der Waals surface area contributed by atoms with E-state index in [0.717, 1.165) is 31.1 Å². The molecule has 1 aromatic heterocycles. The summed E-state index contributed by atoms with van der Waals surface area (Å²) in [6.07, 6.45) is 4.41. The Morgan fingerprint density at radius 1 is 1.50 bits per heavy atom. The lowest BCUT2D eigenvalue weighted by Crippen LogP contribution is -2.45. The molecule has 0 N–H and O–H groups in total. The van der Waals surface area contributed by atoms with Crippen LogP contribution in [0.15, 0.2) is 4.42 Å². The predicted octanol–water partition coefficient (Wildman–Crippen LogP) is 3.07. The fourth-order valence-electron chi connectivity index (χ4n) is 2.24. The lowest BCUT2D eigenvalue weighted by atomic mass is 9.91. The van der Waals surface area contributed by atoms with E-state index in [0.29, 0.717) is 23.4 Å². The van der Waals surface area contributed by atoms with E-state index in [9.17, 15) is 4.79 Å². The molecule has 0 unspecified atom stereocenters. The van der Waals surface area contributed by atoms with Gasteiger partial charge in [0.2, 0.25) is 5.76 Å². The van der Waals surface area contributed by atoms with Gasteiger partial charge in [-0.1, -0.05) is 15.9 Å². The number of aromatic nitrogens is 1. The number of nitrogens with zero attached hydrogens (tertiary/aromatic N) is 2. The fraction of sp³-hybridized carbons (Fsp3) is 0.692. The van der Waals surface area contributed by atoms with Crippen molar-refractivity contribution in [3.05, 3.63) is 17.3 Å². The average molecular weight is 315 g/mol. The molecule has 1 saturated carbocycles. The molecule has 1 aliphatic rings. The molecule has 0 saturated heterocycles. The van der Waals surface area contributed by atoms with Crippen LogP contribution in [-0.2, 0) is 0 Å². The van der Waals surface area contributed by atoms with E-state index in [1.165, 1.54) is 6.42 Å². The standard InChI is InChI=1S/C13H19BrN2O2/c1-9-12(18-10(2)15-9)13(17)16(8-4-7-14)11-5-3-6-11/h11H,3-8H2,1-2H3. The third kappa shape index (κ3) is 2.76. The SMILES string of the molecule is Cc1nc(C)c(C(=O)N(CCCBr)C2CCC2)o1. The maximum atomic E-state index is 12.5. The zero-order chi connectivity index (χ0) is 13.1. The van der Waals surface area contributed by atoms with Gasteiger partial charge in [0.1, 0.15) is 0 Å². The fourth-order valence-corrected chi connectivity index (χ4v) is 2.49. The van der Waals surface area contributed by atoms with Crippen molar-refractivity contribution >= 4 is 21.8 Å². The van der Waals surface area contributed by atoms with Gasteiger partial charge in [0.15, 0.2) is 5.89 Å². The molecule has 0 radical (unpaired) electrons. The van der Waals surface area contributed by atoms with Crippen LogP contribution in [0.4, 0.5) is 0 Å². The van der Waals surface area contributed by atoms with E-state index < -0.39 is 0 Å². The highest BCUT2D eigenvalue weighted by atomic mass is 79.9. The second kappa shape index (κ2) is 5.87. The Balaban J connectivity index is 2.13. The van der Waals surface area contributed by atoms with Crippen molar-refractivity contribution in [3.8, 4) is 0 Å². The molecule has 0 bridgehead atoms. The van der Waals surface area contributed by atoms with E-state index in [4.69, 9.17) is 4.42 Å². The van der Waals surface area contributed by atoms with Crippen LogP contribution in [-0.4, -0.2) is 33.7 Å². The number of halogens is 1. The molecule has 0 spiro atoms. The number of oxazole rings is 1. The Morgan fingerprint density at radius 3 is 2.67 bits per heavy atom. The molecule has 1 heterocycles. The van der Waals surface area contributed by atoms with Gasteiger partial charge < -0.3 is 9.32 Å². The summed E-state index contributed by atoms with van der Waals surface area (Å²) in [4.78, 5) is 18.6. The summed E-state index contributed by atoms with van der Waals surface area (Å²) in [5.41, 5.74) is 0.695. The lowest BCUT2D eigenvalue weighted by molar-refractivity contribution is 0.0546. The molecule has 1 aromatic rings. The molecule has 1 amide bonds. The number of carbonyl (C=O) groups is 1. The van der Waals surface area contributed by atoms with Crippen LogP contribution in [0, 0.1) is 13.8 Å². The summed E-state index contributed by atoms with van der Waals surface area (Å²) in [7, 11) is 0. The molecule has 0 atom stereocenters. The minimum Gasteiger partial charge on any atom is -0.436 e. The minimum atomic E-state index is -0.00116. The van der Waals surface area contributed by atoms with E-state index in [1.807, 2.05) is 11.8 Å². The Morgan fingerprint density at radius 2 is 2.22 bits per heavy atom. The third-order valence-corrected chi connectivity index (χ3v) is 3.97. The van der Waals surface area contributed by atoms with Crippen molar-refractivity contribution in [1.82, 2.24) is 9.88 Å². The van der Waals surface area contributed by atoms with Crippen LogP contribution in [0.1, 0.15) is 47.8 Å². The number of rotatable bonds is 5. The van der Waals surface area contributed by atoms with Crippen molar-refractivity contribution in [2.24, 2.45) is 0 Å². The van der Waals surface area contributed by atoms with Gasteiger partial charge in [0, 0.05) is 24.8 Å². The summed E-state index contributed by atoms with van der Waals surface area (Å²) in [5.74, 6) is 0.970. The smallest absolute Gasteiger partial charge is 0.291 e. The molecule has 100 valence electrons. The molecule has 1 aliphatic carbocycles. The molecule has 2 rings (SSSR count). The lowest BCUT2D eigenvalue weighted by Gasteiger charge is -2.37. The predicted molar refractivity (Wildman–Crippen MR) is 73.1 cm³/mol. The highest BCUT2D eigenvalue weighted by Gasteiger charge is 2.31. The maximum Gasteiger partial charge on any atom is 0.291 e. The Labute approximate surface area is 116 Å². The Kier molecular flexibility index (Phi) is 4.43. The second-order valence-electron chi connectivity index (χ2n) is 4.77. The summed E-state index contributed by atoms with van der Waals surface area (Å²) in [6.45, 7) is 4.39. The first kappa shape index (κ1) is 13.6. The first-order chi connectivity index (χ1) is 8.63. The Hall–Kier alpha value is -0.840. The molecular weight excluding hydrogens is 296 g/mol. The second-order valence-corrected chi connectivity index (χ2v) is 5.57. The number of hydrogen-bond acceptors (Lipinski definition) is 3.